The van der Waals surface area contributed by atoms with Crippen LogP contribution >= 0.6 is 0 Å². The zero-order valence-corrected chi connectivity index (χ0v) is 20.0. The third-order valence-electron chi connectivity index (χ3n) is 5.90. The molecule has 0 fully saturated rings. The summed E-state index contributed by atoms with van der Waals surface area (Å²) >= 11 is 0. The second-order valence-corrected chi connectivity index (χ2v) is 8.77. The van der Waals surface area contributed by atoms with Crippen molar-refractivity contribution in [3.8, 4) is 5.75 Å². The van der Waals surface area contributed by atoms with Crippen molar-refractivity contribution in [1.82, 2.24) is 5.32 Å². The molecule has 31 heavy (non-hydrogen) atoms. The van der Waals surface area contributed by atoms with Crippen molar-refractivity contribution in [2.75, 3.05) is 12.4 Å². The SMILES string of the molecule is CC.CC1C(=O)c2ccccc2NC1(C)C.CNC1C(=O)c2ccccc2OC1(C)C. The van der Waals surface area contributed by atoms with E-state index in [-0.39, 0.29) is 29.1 Å². The van der Waals surface area contributed by atoms with E-state index < -0.39 is 5.60 Å². The van der Waals surface area contributed by atoms with Crippen molar-refractivity contribution in [2.45, 2.75) is 65.6 Å². The molecule has 0 saturated carbocycles. The molecule has 2 unspecified atom stereocenters. The van der Waals surface area contributed by atoms with Gasteiger partial charge in [0, 0.05) is 22.7 Å². The molecule has 5 nitrogen and oxygen atoms in total. The quantitative estimate of drug-likeness (QED) is 0.645. The summed E-state index contributed by atoms with van der Waals surface area (Å²) in [7, 11) is 1.78. The number of carbonyl (C=O) groups is 2. The summed E-state index contributed by atoms with van der Waals surface area (Å²) in [5.74, 6) is 1.05. The number of likely N-dealkylation sites (N-methyl/N-ethyl adjacent to an activating group) is 1. The zero-order chi connectivity index (χ0) is 23.4. The molecule has 0 aliphatic carbocycles. The molecule has 2 heterocycles. The monoisotopic (exact) mass is 424 g/mol. The highest BCUT2D eigenvalue weighted by molar-refractivity contribution is 6.05. The molecule has 5 heteroatoms. The zero-order valence-electron chi connectivity index (χ0n) is 20.0. The topological polar surface area (TPSA) is 67.4 Å². The number of hydrogen-bond donors (Lipinski definition) is 2. The van der Waals surface area contributed by atoms with Gasteiger partial charge < -0.3 is 15.4 Å². The standard InChI is InChI=1S/C12H15NO2.C12H15NO.C2H6/c1-12(2)11(13-3)10(14)8-6-4-5-7-9(8)15-12;1-8-11(14)9-6-4-5-7-10(9)13-12(8,2)3;1-2/h4-7,11,13H,1-3H3;4-8,13H,1-3H3;1-2H3. The molecule has 2 atom stereocenters. The van der Waals surface area contributed by atoms with Gasteiger partial charge in [-0.1, -0.05) is 45.0 Å². The first-order valence-electron chi connectivity index (χ1n) is 11.0. The van der Waals surface area contributed by atoms with Crippen molar-refractivity contribution >= 4 is 17.3 Å². The maximum Gasteiger partial charge on any atom is 0.187 e. The van der Waals surface area contributed by atoms with Crippen LogP contribution in [0.5, 0.6) is 5.75 Å². The van der Waals surface area contributed by atoms with Gasteiger partial charge in [-0.05, 0) is 59.0 Å². The van der Waals surface area contributed by atoms with E-state index in [1.54, 1.807) is 13.1 Å². The van der Waals surface area contributed by atoms with Crippen LogP contribution in [0.15, 0.2) is 48.5 Å². The molecule has 2 aromatic rings. The van der Waals surface area contributed by atoms with Crippen LogP contribution < -0.4 is 15.4 Å². The molecule has 2 aliphatic rings. The molecule has 168 valence electrons. The Kier molecular flexibility index (Phi) is 7.66. The Bertz CT molecular complexity index is 934. The Labute approximate surface area is 186 Å². The minimum atomic E-state index is -0.500. The molecule has 0 radical (unpaired) electrons. The van der Waals surface area contributed by atoms with Gasteiger partial charge in [0.05, 0.1) is 5.56 Å². The number of nitrogens with one attached hydrogen (secondary N) is 2. The van der Waals surface area contributed by atoms with Crippen molar-refractivity contribution < 1.29 is 14.3 Å². The second-order valence-electron chi connectivity index (χ2n) is 8.77. The van der Waals surface area contributed by atoms with Gasteiger partial charge in [-0.25, -0.2) is 0 Å². The van der Waals surface area contributed by atoms with Gasteiger partial charge in [-0.15, -0.1) is 0 Å². The van der Waals surface area contributed by atoms with Crippen molar-refractivity contribution in [3.63, 3.8) is 0 Å². The highest BCUT2D eigenvalue weighted by atomic mass is 16.5. The number of rotatable bonds is 1. The van der Waals surface area contributed by atoms with E-state index in [4.69, 9.17) is 4.74 Å². The normalized spacial score (nSPS) is 22.2. The number of benzene rings is 2. The fraction of sp³-hybridized carbons (Fsp3) is 0.462. The molecular weight excluding hydrogens is 388 g/mol. The molecule has 0 aromatic heterocycles. The van der Waals surface area contributed by atoms with E-state index >= 15 is 0 Å². The Balaban J connectivity index is 0.000000204. The van der Waals surface area contributed by atoms with E-state index in [9.17, 15) is 9.59 Å². The molecule has 0 spiro atoms. The predicted molar refractivity (Wildman–Crippen MR) is 127 cm³/mol. The minimum absolute atomic E-state index is 0.0254. The van der Waals surface area contributed by atoms with E-state index in [1.165, 1.54) is 0 Å². The van der Waals surface area contributed by atoms with Gasteiger partial charge in [-0.3, -0.25) is 9.59 Å². The average molecular weight is 425 g/mol. The lowest BCUT2D eigenvalue weighted by Crippen LogP contribution is -2.56. The lowest BCUT2D eigenvalue weighted by Gasteiger charge is -2.38. The summed E-state index contributed by atoms with van der Waals surface area (Å²) in [6.45, 7) is 13.9. The Morgan fingerprint density at radius 3 is 2.03 bits per heavy atom. The van der Waals surface area contributed by atoms with Crippen LogP contribution in [-0.4, -0.2) is 35.8 Å². The van der Waals surface area contributed by atoms with E-state index in [0.717, 1.165) is 11.3 Å². The smallest absolute Gasteiger partial charge is 0.187 e. The van der Waals surface area contributed by atoms with Crippen LogP contribution in [0.2, 0.25) is 0 Å². The van der Waals surface area contributed by atoms with Crippen LogP contribution in [0.25, 0.3) is 0 Å². The highest BCUT2D eigenvalue weighted by Crippen LogP contribution is 2.34. The number of ketones is 2. The van der Waals surface area contributed by atoms with Gasteiger partial charge in [0.25, 0.3) is 0 Å². The molecule has 0 saturated heterocycles. The molecule has 2 aromatic carbocycles. The van der Waals surface area contributed by atoms with E-state index in [0.29, 0.717) is 11.3 Å². The molecule has 0 bridgehead atoms. The predicted octanol–water partition coefficient (Wildman–Crippen LogP) is 5.36. The highest BCUT2D eigenvalue weighted by Gasteiger charge is 2.42. The molecular formula is C26H36N2O3. The number of carbonyl (C=O) groups excluding carboxylic acids is 2. The van der Waals surface area contributed by atoms with E-state index in [2.05, 4.69) is 24.5 Å². The average Bonchev–Trinajstić information content (AvgIpc) is 2.73. The molecule has 0 amide bonds. The Hall–Kier alpha value is -2.66. The second kappa shape index (κ2) is 9.65. The van der Waals surface area contributed by atoms with Gasteiger partial charge in [0.15, 0.2) is 11.6 Å². The van der Waals surface area contributed by atoms with Crippen molar-refractivity contribution in [1.29, 1.82) is 0 Å². The van der Waals surface area contributed by atoms with Gasteiger partial charge >= 0.3 is 0 Å². The van der Waals surface area contributed by atoms with Crippen LogP contribution in [0, 0.1) is 5.92 Å². The minimum Gasteiger partial charge on any atom is -0.485 e. The van der Waals surface area contributed by atoms with Gasteiger partial charge in [-0.2, -0.15) is 0 Å². The molecule has 4 rings (SSSR count). The van der Waals surface area contributed by atoms with Crippen molar-refractivity contribution in [2.24, 2.45) is 5.92 Å². The number of fused-ring (bicyclic) bond motifs is 2. The first-order valence-corrected chi connectivity index (χ1v) is 11.0. The van der Waals surface area contributed by atoms with Gasteiger partial charge in [0.1, 0.15) is 17.4 Å². The van der Waals surface area contributed by atoms with Crippen LogP contribution in [0.3, 0.4) is 0 Å². The maximum atomic E-state index is 12.1. The summed E-state index contributed by atoms with van der Waals surface area (Å²) in [6, 6.07) is 14.8. The number of para-hydroxylation sites is 2. The maximum absolute atomic E-state index is 12.1. The number of Topliss-reactive ketones (excluding diaryl/α,β-unsaturated/α-hetero) is 2. The lowest BCUT2D eigenvalue weighted by molar-refractivity contribution is 0.0424. The number of ether oxygens (including phenoxy) is 1. The Morgan fingerprint density at radius 2 is 1.42 bits per heavy atom. The van der Waals surface area contributed by atoms with Crippen molar-refractivity contribution in [3.05, 3.63) is 59.7 Å². The molecule has 2 N–H and O–H groups in total. The Morgan fingerprint density at radius 1 is 0.871 bits per heavy atom. The third-order valence-corrected chi connectivity index (χ3v) is 5.90. The first kappa shape index (κ1) is 24.6. The fourth-order valence-corrected chi connectivity index (χ4v) is 3.87. The number of hydrogen-bond acceptors (Lipinski definition) is 5. The third kappa shape index (κ3) is 4.99. The molecule has 2 aliphatic heterocycles. The summed E-state index contributed by atoms with van der Waals surface area (Å²) < 4.78 is 5.81. The lowest BCUT2D eigenvalue weighted by atomic mass is 9.79. The summed E-state index contributed by atoms with van der Waals surface area (Å²) in [5, 5.41) is 6.41. The summed E-state index contributed by atoms with van der Waals surface area (Å²) in [4.78, 5) is 24.1. The van der Waals surface area contributed by atoms with Gasteiger partial charge in [0.2, 0.25) is 0 Å². The van der Waals surface area contributed by atoms with Crippen LogP contribution in [0.4, 0.5) is 5.69 Å². The summed E-state index contributed by atoms with van der Waals surface area (Å²) in [5.41, 5.74) is 1.79. The first-order chi connectivity index (χ1) is 14.6. The van der Waals surface area contributed by atoms with E-state index in [1.807, 2.05) is 77.1 Å². The summed E-state index contributed by atoms with van der Waals surface area (Å²) in [6.07, 6.45) is 0. The van der Waals surface area contributed by atoms with Crippen LogP contribution in [0.1, 0.15) is 69.2 Å². The van der Waals surface area contributed by atoms with Crippen LogP contribution in [-0.2, 0) is 0 Å². The largest absolute Gasteiger partial charge is 0.485 e. The fourth-order valence-electron chi connectivity index (χ4n) is 3.87. The number of anilines is 1.